The van der Waals surface area contributed by atoms with Gasteiger partial charge in [0, 0.05) is 18.7 Å². The van der Waals surface area contributed by atoms with Crippen LogP contribution in [-0.2, 0) is 15.3 Å². The van der Waals surface area contributed by atoms with Gasteiger partial charge >= 0.3 is 0 Å². The van der Waals surface area contributed by atoms with E-state index in [9.17, 15) is 8.42 Å². The van der Waals surface area contributed by atoms with Gasteiger partial charge in [0.05, 0.1) is 4.90 Å². The van der Waals surface area contributed by atoms with Crippen LogP contribution < -0.4 is 4.90 Å². The van der Waals surface area contributed by atoms with E-state index in [1.54, 1.807) is 30.3 Å². The number of benzene rings is 2. The summed E-state index contributed by atoms with van der Waals surface area (Å²) in [5, 5.41) is 0.00972. The van der Waals surface area contributed by atoms with Crippen LogP contribution >= 0.6 is 0 Å². The van der Waals surface area contributed by atoms with Crippen LogP contribution in [0.2, 0.25) is 0 Å². The monoisotopic (exact) mass is 438 g/mol. The number of oxazole rings is 1. The minimum atomic E-state index is -3.80. The van der Waals surface area contributed by atoms with Crippen molar-refractivity contribution < 1.29 is 12.8 Å². The molecule has 1 aromatic heterocycles. The second-order valence-electron chi connectivity index (χ2n) is 9.17. The van der Waals surface area contributed by atoms with Crippen molar-refractivity contribution in [3.8, 4) is 11.5 Å². The van der Waals surface area contributed by atoms with Gasteiger partial charge in [-0.25, -0.2) is 8.42 Å². The van der Waals surface area contributed by atoms with E-state index in [0.29, 0.717) is 11.8 Å². The first kappa shape index (κ1) is 21.6. The van der Waals surface area contributed by atoms with Gasteiger partial charge in [0.1, 0.15) is 0 Å². The molecular weight excluding hydrogens is 408 g/mol. The second-order valence-corrected chi connectivity index (χ2v) is 11.0. The zero-order valence-corrected chi connectivity index (χ0v) is 19.3. The summed E-state index contributed by atoms with van der Waals surface area (Å²) in [4.78, 5) is 6.80. The zero-order chi connectivity index (χ0) is 22.1. The fourth-order valence-corrected chi connectivity index (χ4v) is 5.24. The molecule has 0 aliphatic carbocycles. The highest BCUT2D eigenvalue weighted by atomic mass is 32.2. The zero-order valence-electron chi connectivity index (χ0n) is 18.5. The number of hydrogen-bond donors (Lipinski definition) is 0. The third-order valence-electron chi connectivity index (χ3n) is 5.78. The molecule has 1 aliphatic heterocycles. The fraction of sp³-hybridized carbons (Fsp3) is 0.400. The average molecular weight is 439 g/mol. The highest BCUT2D eigenvalue weighted by molar-refractivity contribution is 7.91. The van der Waals surface area contributed by atoms with Crippen molar-refractivity contribution in [2.75, 3.05) is 18.0 Å². The molecule has 164 valence electrons. The quantitative estimate of drug-likeness (QED) is 0.511. The first-order valence-corrected chi connectivity index (χ1v) is 12.4. The van der Waals surface area contributed by atoms with Crippen LogP contribution in [0, 0.1) is 0 Å². The summed E-state index contributed by atoms with van der Waals surface area (Å²) in [7, 11) is -3.80. The molecule has 1 aliphatic rings. The SMILES string of the molecule is CC(C)(C)c1ccc(-c2nc(S(=O)(=O)c3ccccc3)c(N3CCCCCC3)o2)cc1. The summed E-state index contributed by atoms with van der Waals surface area (Å²) in [6.45, 7) is 8.03. The summed E-state index contributed by atoms with van der Waals surface area (Å²) in [5.74, 6) is 0.704. The summed E-state index contributed by atoms with van der Waals surface area (Å²) < 4.78 is 33.1. The molecule has 2 aromatic carbocycles. The van der Waals surface area contributed by atoms with Crippen LogP contribution in [0.15, 0.2) is 68.9 Å². The Bertz CT molecular complexity index is 1120. The van der Waals surface area contributed by atoms with Gasteiger partial charge in [-0.3, -0.25) is 0 Å². The van der Waals surface area contributed by atoms with Crippen molar-refractivity contribution in [1.82, 2.24) is 4.98 Å². The normalized spacial score (nSPS) is 15.6. The lowest BCUT2D eigenvalue weighted by atomic mass is 9.87. The maximum Gasteiger partial charge on any atom is 0.236 e. The van der Waals surface area contributed by atoms with Crippen LogP contribution in [0.5, 0.6) is 0 Å². The first-order chi connectivity index (χ1) is 14.8. The van der Waals surface area contributed by atoms with E-state index >= 15 is 0 Å². The fourth-order valence-electron chi connectivity index (χ4n) is 3.89. The van der Waals surface area contributed by atoms with E-state index in [0.717, 1.165) is 44.3 Å². The van der Waals surface area contributed by atoms with Gasteiger partial charge in [0.2, 0.25) is 26.6 Å². The Morgan fingerprint density at radius 1 is 0.871 bits per heavy atom. The maximum absolute atomic E-state index is 13.5. The average Bonchev–Trinajstić information content (AvgIpc) is 3.04. The van der Waals surface area contributed by atoms with Crippen molar-refractivity contribution in [3.05, 3.63) is 60.2 Å². The Morgan fingerprint density at radius 2 is 1.48 bits per heavy atom. The third-order valence-corrected chi connectivity index (χ3v) is 7.45. The van der Waals surface area contributed by atoms with Gasteiger partial charge in [-0.2, -0.15) is 4.98 Å². The molecule has 0 amide bonds. The van der Waals surface area contributed by atoms with Crippen LogP contribution in [-0.4, -0.2) is 26.5 Å². The van der Waals surface area contributed by atoms with Gasteiger partial charge < -0.3 is 9.32 Å². The van der Waals surface area contributed by atoms with E-state index in [-0.39, 0.29) is 15.3 Å². The molecule has 31 heavy (non-hydrogen) atoms. The first-order valence-electron chi connectivity index (χ1n) is 10.9. The Kier molecular flexibility index (Phi) is 5.93. The highest BCUT2D eigenvalue weighted by Crippen LogP contribution is 2.36. The van der Waals surface area contributed by atoms with E-state index in [4.69, 9.17) is 4.42 Å². The smallest absolute Gasteiger partial charge is 0.236 e. The molecule has 0 radical (unpaired) electrons. The van der Waals surface area contributed by atoms with E-state index < -0.39 is 9.84 Å². The number of hydrogen-bond acceptors (Lipinski definition) is 5. The minimum Gasteiger partial charge on any atom is -0.419 e. The molecule has 4 rings (SSSR count). The Balaban J connectivity index is 1.81. The summed E-state index contributed by atoms with van der Waals surface area (Å²) in [5.41, 5.74) is 2.01. The molecule has 0 atom stereocenters. The molecule has 0 N–H and O–H groups in total. The number of sulfone groups is 1. The lowest BCUT2D eigenvalue weighted by Gasteiger charge is -2.20. The Hall–Kier alpha value is -2.60. The van der Waals surface area contributed by atoms with Crippen molar-refractivity contribution in [2.45, 2.75) is 61.8 Å². The molecule has 5 nitrogen and oxygen atoms in total. The van der Waals surface area contributed by atoms with Gasteiger partial charge in [0.15, 0.2) is 0 Å². The molecule has 3 aromatic rings. The topological polar surface area (TPSA) is 63.4 Å². The van der Waals surface area contributed by atoms with Gasteiger partial charge in [-0.15, -0.1) is 0 Å². The maximum atomic E-state index is 13.5. The summed E-state index contributed by atoms with van der Waals surface area (Å²) >= 11 is 0. The van der Waals surface area contributed by atoms with Crippen LogP contribution in [0.3, 0.4) is 0 Å². The van der Waals surface area contributed by atoms with Crippen molar-refractivity contribution in [1.29, 1.82) is 0 Å². The van der Waals surface area contributed by atoms with Gasteiger partial charge in [-0.1, -0.05) is 63.9 Å². The van der Waals surface area contributed by atoms with Crippen molar-refractivity contribution >= 4 is 15.7 Å². The minimum absolute atomic E-state index is 0.00972. The predicted octanol–water partition coefficient (Wildman–Crippen LogP) is 5.85. The molecule has 2 heterocycles. The summed E-state index contributed by atoms with van der Waals surface area (Å²) in [6, 6.07) is 16.5. The number of nitrogens with zero attached hydrogens (tertiary/aromatic N) is 2. The third kappa shape index (κ3) is 4.54. The molecule has 0 spiro atoms. The van der Waals surface area contributed by atoms with Crippen molar-refractivity contribution in [3.63, 3.8) is 0 Å². The largest absolute Gasteiger partial charge is 0.419 e. The predicted molar refractivity (Wildman–Crippen MR) is 123 cm³/mol. The Labute approximate surface area is 185 Å². The number of aromatic nitrogens is 1. The second kappa shape index (κ2) is 8.50. The number of anilines is 1. The van der Waals surface area contributed by atoms with Crippen LogP contribution in [0.4, 0.5) is 5.88 Å². The molecule has 0 bridgehead atoms. The number of rotatable bonds is 4. The molecule has 0 saturated carbocycles. The van der Waals surface area contributed by atoms with E-state index in [1.807, 2.05) is 17.0 Å². The standard InChI is InChI=1S/C25H30N2O3S/c1-25(2,3)20-15-13-19(14-16-20)22-26-23(31(28,29)21-11-7-6-8-12-21)24(30-22)27-17-9-4-5-10-18-27/h6-8,11-16H,4-5,9-10,17-18H2,1-3H3. The molecule has 6 heteroatoms. The molecule has 0 unspecified atom stereocenters. The van der Waals surface area contributed by atoms with Crippen LogP contribution in [0.25, 0.3) is 11.5 Å². The lowest BCUT2D eigenvalue weighted by molar-refractivity contribution is 0.543. The van der Waals surface area contributed by atoms with Crippen LogP contribution in [0.1, 0.15) is 52.0 Å². The van der Waals surface area contributed by atoms with E-state index in [1.165, 1.54) is 5.56 Å². The molecule has 1 saturated heterocycles. The highest BCUT2D eigenvalue weighted by Gasteiger charge is 2.31. The van der Waals surface area contributed by atoms with Gasteiger partial charge in [0.25, 0.3) is 0 Å². The summed E-state index contributed by atoms with van der Waals surface area (Å²) in [6.07, 6.45) is 4.32. The molecular formula is C25H30N2O3S. The van der Waals surface area contributed by atoms with Crippen molar-refractivity contribution in [2.24, 2.45) is 0 Å². The van der Waals surface area contributed by atoms with E-state index in [2.05, 4.69) is 37.9 Å². The molecule has 1 fully saturated rings. The lowest BCUT2D eigenvalue weighted by Crippen LogP contribution is -2.25. The van der Waals surface area contributed by atoms with Gasteiger partial charge in [-0.05, 0) is 48.1 Å². The Morgan fingerprint density at radius 3 is 2.06 bits per heavy atom.